The van der Waals surface area contributed by atoms with Crippen LogP contribution in [0.3, 0.4) is 0 Å². The Morgan fingerprint density at radius 2 is 2.19 bits per heavy atom. The number of benzene rings is 1. The third-order valence-corrected chi connectivity index (χ3v) is 2.82. The smallest absolute Gasteiger partial charge is 0.242 e. The van der Waals surface area contributed by atoms with Gasteiger partial charge in [-0.3, -0.25) is 4.79 Å². The molecule has 0 fully saturated rings. The van der Waals surface area contributed by atoms with E-state index >= 15 is 0 Å². The molecule has 0 bridgehead atoms. The standard InChI is InChI=1S/C14H16N6O/c1-11(17-14(21)9-20-10-16-18-19-20)13-6-4-12(5-7-13)3-2-8-15/h4-7,10-11H,8-9,15H2,1H3,(H,17,21). The SMILES string of the molecule is CC(NC(=O)Cn1cnnn1)c1ccc(C#CCN)cc1. The largest absolute Gasteiger partial charge is 0.348 e. The maximum atomic E-state index is 11.8. The fourth-order valence-corrected chi connectivity index (χ4v) is 1.78. The van der Waals surface area contributed by atoms with E-state index in [1.54, 1.807) is 0 Å². The summed E-state index contributed by atoms with van der Waals surface area (Å²) in [5.41, 5.74) is 7.23. The van der Waals surface area contributed by atoms with Gasteiger partial charge in [-0.2, -0.15) is 0 Å². The van der Waals surface area contributed by atoms with E-state index in [-0.39, 0.29) is 18.5 Å². The van der Waals surface area contributed by atoms with Crippen LogP contribution in [0.25, 0.3) is 0 Å². The zero-order valence-electron chi connectivity index (χ0n) is 11.7. The van der Waals surface area contributed by atoms with Crippen molar-refractivity contribution in [3.63, 3.8) is 0 Å². The molecule has 0 aliphatic carbocycles. The van der Waals surface area contributed by atoms with Crippen LogP contribution in [0.5, 0.6) is 0 Å². The van der Waals surface area contributed by atoms with Gasteiger partial charge in [-0.05, 0) is 35.0 Å². The normalized spacial score (nSPS) is 11.3. The van der Waals surface area contributed by atoms with Crippen molar-refractivity contribution in [3.8, 4) is 11.8 Å². The van der Waals surface area contributed by atoms with Gasteiger partial charge in [0.1, 0.15) is 12.9 Å². The molecule has 1 amide bonds. The molecule has 1 heterocycles. The molecule has 2 aromatic rings. The maximum Gasteiger partial charge on any atom is 0.242 e. The van der Waals surface area contributed by atoms with Crippen LogP contribution < -0.4 is 11.1 Å². The molecule has 0 saturated heterocycles. The Balaban J connectivity index is 1.93. The van der Waals surface area contributed by atoms with Gasteiger partial charge in [0.15, 0.2) is 0 Å². The third kappa shape index (κ3) is 4.40. The van der Waals surface area contributed by atoms with Crippen molar-refractivity contribution in [2.75, 3.05) is 6.54 Å². The highest BCUT2D eigenvalue weighted by atomic mass is 16.2. The second kappa shape index (κ2) is 7.17. The summed E-state index contributed by atoms with van der Waals surface area (Å²) in [6, 6.07) is 7.57. The van der Waals surface area contributed by atoms with Crippen LogP contribution in [0.15, 0.2) is 30.6 Å². The molecule has 0 aliphatic heterocycles. The van der Waals surface area contributed by atoms with E-state index in [0.29, 0.717) is 6.54 Å². The summed E-state index contributed by atoms with van der Waals surface area (Å²) in [4.78, 5) is 11.8. The lowest BCUT2D eigenvalue weighted by Gasteiger charge is -2.14. The van der Waals surface area contributed by atoms with E-state index < -0.39 is 0 Å². The topological polar surface area (TPSA) is 98.7 Å². The second-order valence-electron chi connectivity index (χ2n) is 4.42. The number of hydrogen-bond donors (Lipinski definition) is 2. The minimum absolute atomic E-state index is 0.0946. The highest BCUT2D eigenvalue weighted by molar-refractivity contribution is 5.76. The van der Waals surface area contributed by atoms with Gasteiger partial charge in [0.25, 0.3) is 0 Å². The number of tetrazole rings is 1. The molecule has 0 aliphatic rings. The van der Waals surface area contributed by atoms with Gasteiger partial charge in [-0.25, -0.2) is 4.68 Å². The highest BCUT2D eigenvalue weighted by Gasteiger charge is 2.10. The summed E-state index contributed by atoms with van der Waals surface area (Å²) in [5, 5.41) is 13.5. The molecule has 108 valence electrons. The van der Waals surface area contributed by atoms with Crippen LogP contribution in [0.4, 0.5) is 0 Å². The predicted molar refractivity (Wildman–Crippen MR) is 76.7 cm³/mol. The quantitative estimate of drug-likeness (QED) is 0.761. The van der Waals surface area contributed by atoms with Crippen LogP contribution in [0, 0.1) is 11.8 Å². The van der Waals surface area contributed by atoms with Crippen LogP contribution in [0.1, 0.15) is 24.1 Å². The fourth-order valence-electron chi connectivity index (χ4n) is 1.78. The molecule has 3 N–H and O–H groups in total. The number of amides is 1. The fraction of sp³-hybridized carbons (Fsp3) is 0.286. The minimum Gasteiger partial charge on any atom is -0.348 e. The molecule has 1 aromatic heterocycles. The Hall–Kier alpha value is -2.72. The molecular formula is C14H16N6O. The number of nitrogens with one attached hydrogen (secondary N) is 1. The Morgan fingerprint density at radius 1 is 1.43 bits per heavy atom. The first-order valence-corrected chi connectivity index (χ1v) is 6.48. The number of rotatable bonds is 4. The van der Waals surface area contributed by atoms with Crippen LogP contribution in [-0.4, -0.2) is 32.7 Å². The molecule has 2 rings (SSSR count). The second-order valence-corrected chi connectivity index (χ2v) is 4.42. The van der Waals surface area contributed by atoms with E-state index in [2.05, 4.69) is 32.7 Å². The zero-order valence-corrected chi connectivity index (χ0v) is 11.7. The van der Waals surface area contributed by atoms with Gasteiger partial charge in [0.05, 0.1) is 12.6 Å². The summed E-state index contributed by atoms with van der Waals surface area (Å²) in [6.45, 7) is 2.35. The van der Waals surface area contributed by atoms with Crippen molar-refractivity contribution >= 4 is 5.91 Å². The van der Waals surface area contributed by atoms with Gasteiger partial charge in [-0.15, -0.1) is 5.10 Å². The van der Waals surface area contributed by atoms with Crippen LogP contribution >= 0.6 is 0 Å². The molecule has 1 atom stereocenters. The van der Waals surface area contributed by atoms with Gasteiger partial charge in [0.2, 0.25) is 5.91 Å². The number of aromatic nitrogens is 4. The number of hydrogen-bond acceptors (Lipinski definition) is 5. The van der Waals surface area contributed by atoms with Crippen molar-refractivity contribution in [2.24, 2.45) is 5.73 Å². The molecule has 21 heavy (non-hydrogen) atoms. The molecule has 7 heteroatoms. The first kappa shape index (κ1) is 14.7. The molecule has 7 nitrogen and oxygen atoms in total. The van der Waals surface area contributed by atoms with E-state index in [4.69, 9.17) is 5.73 Å². The summed E-state index contributed by atoms with van der Waals surface area (Å²) in [5.74, 6) is 5.60. The van der Waals surface area contributed by atoms with Gasteiger partial charge >= 0.3 is 0 Å². The van der Waals surface area contributed by atoms with Crippen molar-refractivity contribution in [1.29, 1.82) is 0 Å². The number of nitrogens with zero attached hydrogens (tertiary/aromatic N) is 4. The Morgan fingerprint density at radius 3 is 2.81 bits per heavy atom. The summed E-state index contributed by atoms with van der Waals surface area (Å²) >= 11 is 0. The highest BCUT2D eigenvalue weighted by Crippen LogP contribution is 2.13. The molecule has 0 spiro atoms. The lowest BCUT2D eigenvalue weighted by molar-refractivity contribution is -0.122. The molecule has 1 aromatic carbocycles. The van der Waals surface area contributed by atoms with Crippen LogP contribution in [0.2, 0.25) is 0 Å². The van der Waals surface area contributed by atoms with Crippen LogP contribution in [-0.2, 0) is 11.3 Å². The van der Waals surface area contributed by atoms with E-state index in [1.807, 2.05) is 31.2 Å². The van der Waals surface area contributed by atoms with Crippen molar-refractivity contribution in [2.45, 2.75) is 19.5 Å². The van der Waals surface area contributed by atoms with E-state index in [0.717, 1.165) is 11.1 Å². The average Bonchev–Trinajstić information content (AvgIpc) is 2.98. The first-order valence-electron chi connectivity index (χ1n) is 6.48. The van der Waals surface area contributed by atoms with Gasteiger partial charge < -0.3 is 11.1 Å². The van der Waals surface area contributed by atoms with Gasteiger partial charge in [0, 0.05) is 5.56 Å². The minimum atomic E-state index is -0.151. The number of nitrogens with two attached hydrogens (primary N) is 1. The average molecular weight is 284 g/mol. The van der Waals surface area contributed by atoms with Crippen molar-refractivity contribution in [1.82, 2.24) is 25.5 Å². The van der Waals surface area contributed by atoms with E-state index in [1.165, 1.54) is 11.0 Å². The molecule has 0 radical (unpaired) electrons. The zero-order chi connectivity index (χ0) is 15.1. The molecular weight excluding hydrogens is 268 g/mol. The Kier molecular flexibility index (Phi) is 5.01. The first-order chi connectivity index (χ1) is 10.2. The number of carbonyl (C=O) groups is 1. The monoisotopic (exact) mass is 284 g/mol. The molecule has 1 unspecified atom stereocenters. The summed E-state index contributed by atoms with van der Waals surface area (Å²) < 4.78 is 1.37. The van der Waals surface area contributed by atoms with E-state index in [9.17, 15) is 4.79 Å². The Labute approximate surface area is 122 Å². The number of carbonyl (C=O) groups excluding carboxylic acids is 1. The predicted octanol–water partition coefficient (Wildman–Crippen LogP) is -0.139. The van der Waals surface area contributed by atoms with Gasteiger partial charge in [-0.1, -0.05) is 24.0 Å². The maximum absolute atomic E-state index is 11.8. The third-order valence-electron chi connectivity index (χ3n) is 2.82. The summed E-state index contributed by atoms with van der Waals surface area (Å²) in [7, 11) is 0. The Bertz CT molecular complexity index is 638. The lowest BCUT2D eigenvalue weighted by Crippen LogP contribution is -2.30. The summed E-state index contributed by atoms with van der Waals surface area (Å²) in [6.07, 6.45) is 1.40. The molecule has 0 saturated carbocycles. The van der Waals surface area contributed by atoms with Crippen molar-refractivity contribution in [3.05, 3.63) is 41.7 Å². The van der Waals surface area contributed by atoms with Crippen molar-refractivity contribution < 1.29 is 4.79 Å². The lowest BCUT2D eigenvalue weighted by atomic mass is 10.1.